The highest BCUT2D eigenvalue weighted by Gasteiger charge is 2.11. The molecule has 1 N–H and O–H groups in total. The normalized spacial score (nSPS) is 11.7. The van der Waals surface area contributed by atoms with Gasteiger partial charge in [0, 0.05) is 24.0 Å². The molecular formula is C16H25N3OS. The van der Waals surface area contributed by atoms with Gasteiger partial charge in [-0.2, -0.15) is 0 Å². The highest BCUT2D eigenvalue weighted by atomic mass is 32.1. The third kappa shape index (κ3) is 5.26. The molecule has 0 unspecified atom stereocenters. The zero-order valence-corrected chi connectivity index (χ0v) is 14.2. The molecule has 2 aromatic rings. The van der Waals surface area contributed by atoms with Crippen LogP contribution >= 0.6 is 11.3 Å². The van der Waals surface area contributed by atoms with Gasteiger partial charge in [-0.3, -0.25) is 4.90 Å². The molecule has 2 rings (SSSR count). The number of nitrogens with zero attached hydrogens (tertiary/aromatic N) is 2. The summed E-state index contributed by atoms with van der Waals surface area (Å²) in [6, 6.07) is 2.06. The molecule has 21 heavy (non-hydrogen) atoms. The van der Waals surface area contributed by atoms with Crippen molar-refractivity contribution < 1.29 is 4.42 Å². The van der Waals surface area contributed by atoms with Crippen LogP contribution in [-0.4, -0.2) is 23.5 Å². The highest BCUT2D eigenvalue weighted by Crippen LogP contribution is 2.15. The van der Waals surface area contributed by atoms with E-state index >= 15 is 0 Å². The molecular weight excluding hydrogens is 282 g/mol. The maximum Gasteiger partial charge on any atom is 0.122 e. The Morgan fingerprint density at radius 2 is 2.19 bits per heavy atom. The molecule has 0 atom stereocenters. The first-order valence-electron chi connectivity index (χ1n) is 7.40. The Morgan fingerprint density at radius 1 is 1.38 bits per heavy atom. The van der Waals surface area contributed by atoms with E-state index in [0.717, 1.165) is 42.6 Å². The Kier molecular flexibility index (Phi) is 5.96. The van der Waals surface area contributed by atoms with Gasteiger partial charge in [-0.1, -0.05) is 13.8 Å². The van der Waals surface area contributed by atoms with Crippen LogP contribution in [-0.2, 0) is 19.6 Å². The second-order valence-corrected chi connectivity index (χ2v) is 6.99. The van der Waals surface area contributed by atoms with Gasteiger partial charge in [-0.05, 0) is 32.5 Å². The van der Waals surface area contributed by atoms with E-state index in [1.165, 1.54) is 5.56 Å². The van der Waals surface area contributed by atoms with Gasteiger partial charge >= 0.3 is 0 Å². The third-order valence-corrected chi connectivity index (χ3v) is 4.04. The summed E-state index contributed by atoms with van der Waals surface area (Å²) in [6.07, 6.45) is 1.78. The fourth-order valence-corrected chi connectivity index (χ4v) is 2.82. The summed E-state index contributed by atoms with van der Waals surface area (Å²) in [6.45, 7) is 10.0. The van der Waals surface area contributed by atoms with E-state index in [1.54, 1.807) is 17.6 Å². The predicted octanol–water partition coefficient (Wildman–Crippen LogP) is 3.42. The molecule has 4 nitrogen and oxygen atoms in total. The maximum atomic E-state index is 5.64. The summed E-state index contributed by atoms with van der Waals surface area (Å²) >= 11 is 1.70. The van der Waals surface area contributed by atoms with E-state index in [2.05, 4.69) is 47.5 Å². The van der Waals surface area contributed by atoms with Gasteiger partial charge in [0.25, 0.3) is 0 Å². The quantitative estimate of drug-likeness (QED) is 0.811. The number of aromatic nitrogens is 1. The molecule has 116 valence electrons. The molecule has 0 radical (unpaired) electrons. The lowest BCUT2D eigenvalue weighted by atomic mass is 10.2. The molecule has 0 amide bonds. The molecule has 0 spiro atoms. The van der Waals surface area contributed by atoms with Crippen LogP contribution in [0.15, 0.2) is 22.1 Å². The van der Waals surface area contributed by atoms with Crippen LogP contribution in [0.5, 0.6) is 0 Å². The zero-order chi connectivity index (χ0) is 15.2. The van der Waals surface area contributed by atoms with Crippen LogP contribution in [0.2, 0.25) is 0 Å². The van der Waals surface area contributed by atoms with Crippen molar-refractivity contribution in [1.82, 2.24) is 15.2 Å². The topological polar surface area (TPSA) is 41.3 Å². The number of nitrogens with one attached hydrogen (secondary N) is 1. The first-order chi connectivity index (χ1) is 10.0. The summed E-state index contributed by atoms with van der Waals surface area (Å²) in [5, 5.41) is 6.71. The smallest absolute Gasteiger partial charge is 0.122 e. The van der Waals surface area contributed by atoms with Crippen LogP contribution < -0.4 is 5.32 Å². The van der Waals surface area contributed by atoms with Gasteiger partial charge in [-0.15, -0.1) is 11.3 Å². The van der Waals surface area contributed by atoms with E-state index in [-0.39, 0.29) is 0 Å². The molecule has 0 saturated carbocycles. The fourth-order valence-electron chi connectivity index (χ4n) is 2.22. The molecule has 0 aliphatic rings. The predicted molar refractivity (Wildman–Crippen MR) is 87.3 cm³/mol. The van der Waals surface area contributed by atoms with Crippen molar-refractivity contribution in [1.29, 1.82) is 0 Å². The molecule has 5 heteroatoms. The number of thiazole rings is 1. The number of hydrogen-bond acceptors (Lipinski definition) is 5. The monoisotopic (exact) mass is 307 g/mol. The van der Waals surface area contributed by atoms with Gasteiger partial charge in [0.05, 0.1) is 23.5 Å². The standard InChI is InChI=1S/C16H25N3OS/c1-12(2)7-17-8-14-5-6-20-16(14)10-19(4)9-15-11-21-13(3)18-15/h5-6,11-12,17H,7-10H2,1-4H3. The van der Waals surface area contributed by atoms with Gasteiger partial charge in [0.2, 0.25) is 0 Å². The van der Waals surface area contributed by atoms with Crippen LogP contribution in [0, 0.1) is 12.8 Å². The third-order valence-electron chi connectivity index (χ3n) is 3.22. The molecule has 2 aromatic heterocycles. The summed E-state index contributed by atoms with van der Waals surface area (Å²) in [5.74, 6) is 1.71. The lowest BCUT2D eigenvalue weighted by molar-refractivity contribution is 0.283. The van der Waals surface area contributed by atoms with Crippen molar-refractivity contribution in [3.05, 3.63) is 39.7 Å². The van der Waals surface area contributed by atoms with Gasteiger partial charge in [0.1, 0.15) is 5.76 Å². The van der Waals surface area contributed by atoms with Crippen molar-refractivity contribution in [2.45, 2.75) is 40.4 Å². The zero-order valence-electron chi connectivity index (χ0n) is 13.3. The lowest BCUT2D eigenvalue weighted by Gasteiger charge is -2.15. The Labute approximate surface area is 131 Å². The van der Waals surface area contributed by atoms with Crippen molar-refractivity contribution in [2.24, 2.45) is 5.92 Å². The van der Waals surface area contributed by atoms with E-state index in [1.807, 2.05) is 6.92 Å². The summed E-state index contributed by atoms with van der Waals surface area (Å²) in [7, 11) is 2.10. The van der Waals surface area contributed by atoms with E-state index < -0.39 is 0 Å². The molecule has 2 heterocycles. The van der Waals surface area contributed by atoms with Crippen molar-refractivity contribution in [3.8, 4) is 0 Å². The van der Waals surface area contributed by atoms with Crippen LogP contribution in [0.1, 0.15) is 35.9 Å². The minimum absolute atomic E-state index is 0.663. The average Bonchev–Trinajstić information content (AvgIpc) is 2.99. The Balaban J connectivity index is 1.86. The van der Waals surface area contributed by atoms with E-state index in [0.29, 0.717) is 5.92 Å². The summed E-state index contributed by atoms with van der Waals surface area (Å²) in [5.41, 5.74) is 2.38. The number of rotatable bonds is 8. The second-order valence-electron chi connectivity index (χ2n) is 5.92. The molecule has 0 aromatic carbocycles. The van der Waals surface area contributed by atoms with Crippen LogP contribution in [0.25, 0.3) is 0 Å². The number of aryl methyl sites for hydroxylation is 1. The number of furan rings is 1. The largest absolute Gasteiger partial charge is 0.468 e. The summed E-state index contributed by atoms with van der Waals surface area (Å²) in [4.78, 5) is 6.74. The average molecular weight is 307 g/mol. The van der Waals surface area contributed by atoms with Crippen molar-refractivity contribution >= 4 is 11.3 Å². The van der Waals surface area contributed by atoms with Crippen LogP contribution in [0.3, 0.4) is 0 Å². The highest BCUT2D eigenvalue weighted by molar-refractivity contribution is 7.09. The Hall–Kier alpha value is -1.17. The van der Waals surface area contributed by atoms with Gasteiger partial charge in [-0.25, -0.2) is 4.98 Å². The van der Waals surface area contributed by atoms with Crippen molar-refractivity contribution in [2.75, 3.05) is 13.6 Å². The molecule has 0 fully saturated rings. The molecule has 0 bridgehead atoms. The fraction of sp³-hybridized carbons (Fsp3) is 0.562. The maximum absolute atomic E-state index is 5.64. The SMILES string of the molecule is Cc1nc(CN(C)Cc2occc2CNCC(C)C)cs1. The molecule has 0 saturated heterocycles. The summed E-state index contributed by atoms with van der Waals surface area (Å²) < 4.78 is 5.64. The van der Waals surface area contributed by atoms with Gasteiger partial charge < -0.3 is 9.73 Å². The molecule has 0 aliphatic heterocycles. The van der Waals surface area contributed by atoms with Gasteiger partial charge in [0.15, 0.2) is 0 Å². The molecule has 0 aliphatic carbocycles. The lowest BCUT2D eigenvalue weighted by Crippen LogP contribution is -2.21. The van der Waals surface area contributed by atoms with Crippen molar-refractivity contribution in [3.63, 3.8) is 0 Å². The first kappa shape index (κ1) is 16.2. The van der Waals surface area contributed by atoms with Crippen LogP contribution in [0.4, 0.5) is 0 Å². The Bertz CT molecular complexity index is 547. The minimum Gasteiger partial charge on any atom is -0.468 e. The Morgan fingerprint density at radius 3 is 2.86 bits per heavy atom. The number of hydrogen-bond donors (Lipinski definition) is 1. The second kappa shape index (κ2) is 7.73. The minimum atomic E-state index is 0.663. The first-order valence-corrected chi connectivity index (χ1v) is 8.28. The van der Waals surface area contributed by atoms with E-state index in [9.17, 15) is 0 Å². The van der Waals surface area contributed by atoms with E-state index in [4.69, 9.17) is 4.42 Å².